The van der Waals surface area contributed by atoms with E-state index in [0.29, 0.717) is 17.7 Å². The molecule has 7 heteroatoms. The third kappa shape index (κ3) is 7.11. The van der Waals surface area contributed by atoms with E-state index in [4.69, 9.17) is 0 Å². The Morgan fingerprint density at radius 3 is 2.58 bits per heavy atom. The van der Waals surface area contributed by atoms with Crippen molar-refractivity contribution >= 4 is 29.7 Å². The molecule has 1 amide bonds. The predicted molar refractivity (Wildman–Crippen MR) is 136 cm³/mol. The summed E-state index contributed by atoms with van der Waals surface area (Å²) >= 11 is 1.56. The first-order chi connectivity index (χ1) is 16.0. The van der Waals surface area contributed by atoms with Crippen molar-refractivity contribution in [3.05, 3.63) is 65.4 Å². The van der Waals surface area contributed by atoms with Crippen LogP contribution in [0.25, 0.3) is 17.2 Å². The van der Waals surface area contributed by atoms with E-state index >= 15 is 0 Å². The molecule has 6 nitrogen and oxygen atoms in total. The Morgan fingerprint density at radius 1 is 1.12 bits per heavy atom. The van der Waals surface area contributed by atoms with Gasteiger partial charge in [0.1, 0.15) is 6.04 Å². The molecular formula is C26H33N3O3S. The Hall–Kier alpha value is -2.77. The first-order valence-corrected chi connectivity index (χ1v) is 12.8. The van der Waals surface area contributed by atoms with Crippen LogP contribution in [0.5, 0.6) is 0 Å². The van der Waals surface area contributed by atoms with Crippen molar-refractivity contribution in [1.82, 2.24) is 15.8 Å². The SMILES string of the molecule is CSCCC(NC(=O)c1ccc(/C=C/NN2CCCCC2)cc1-c1ccccc1C)C(=O)O. The Morgan fingerprint density at radius 2 is 1.88 bits per heavy atom. The van der Waals surface area contributed by atoms with Gasteiger partial charge in [-0.15, -0.1) is 0 Å². The van der Waals surface area contributed by atoms with Gasteiger partial charge in [0.25, 0.3) is 5.91 Å². The smallest absolute Gasteiger partial charge is 0.326 e. The molecule has 0 bridgehead atoms. The number of hydrazine groups is 1. The third-order valence-electron chi connectivity index (χ3n) is 5.83. The van der Waals surface area contributed by atoms with Gasteiger partial charge in [0.15, 0.2) is 0 Å². The maximum Gasteiger partial charge on any atom is 0.326 e. The first-order valence-electron chi connectivity index (χ1n) is 11.4. The van der Waals surface area contributed by atoms with Crippen LogP contribution >= 0.6 is 11.8 Å². The van der Waals surface area contributed by atoms with Gasteiger partial charge in [-0.1, -0.05) is 36.8 Å². The summed E-state index contributed by atoms with van der Waals surface area (Å²) in [5, 5.41) is 14.5. The maximum atomic E-state index is 13.1. The molecule has 176 valence electrons. The van der Waals surface area contributed by atoms with Crippen LogP contribution in [-0.4, -0.2) is 53.1 Å². The molecule has 2 aromatic rings. The van der Waals surface area contributed by atoms with E-state index in [2.05, 4.69) is 15.8 Å². The Kier molecular flexibility index (Phi) is 9.39. The van der Waals surface area contributed by atoms with Crippen LogP contribution in [0.15, 0.2) is 48.7 Å². The van der Waals surface area contributed by atoms with Gasteiger partial charge in [0.05, 0.1) is 0 Å². The van der Waals surface area contributed by atoms with Gasteiger partial charge >= 0.3 is 5.97 Å². The zero-order chi connectivity index (χ0) is 23.6. The highest BCUT2D eigenvalue weighted by Gasteiger charge is 2.22. The summed E-state index contributed by atoms with van der Waals surface area (Å²) in [6.45, 7) is 4.09. The number of carboxylic acids is 1. The van der Waals surface area contributed by atoms with Gasteiger partial charge in [0, 0.05) is 24.9 Å². The van der Waals surface area contributed by atoms with E-state index in [1.807, 2.05) is 61.9 Å². The topological polar surface area (TPSA) is 81.7 Å². The second-order valence-electron chi connectivity index (χ2n) is 8.28. The number of carboxylic acid groups (broad SMARTS) is 1. The molecule has 1 atom stereocenters. The molecule has 1 aliphatic rings. The number of aliphatic carboxylic acids is 1. The minimum absolute atomic E-state index is 0.372. The van der Waals surface area contributed by atoms with Gasteiger partial charge in [-0.25, -0.2) is 9.80 Å². The number of carbonyl (C=O) groups is 2. The summed E-state index contributed by atoms with van der Waals surface area (Å²) in [6.07, 6.45) is 9.92. The number of amides is 1. The summed E-state index contributed by atoms with van der Waals surface area (Å²) in [6, 6.07) is 12.7. The van der Waals surface area contributed by atoms with Crippen molar-refractivity contribution in [3.8, 4) is 11.1 Å². The molecule has 0 radical (unpaired) electrons. The second-order valence-corrected chi connectivity index (χ2v) is 9.26. The average Bonchev–Trinajstić information content (AvgIpc) is 2.82. The molecule has 1 heterocycles. The number of benzene rings is 2. The first kappa shape index (κ1) is 24.9. The van der Waals surface area contributed by atoms with Gasteiger partial charge in [-0.2, -0.15) is 11.8 Å². The van der Waals surface area contributed by atoms with Gasteiger partial charge in [0.2, 0.25) is 0 Å². The molecule has 1 fully saturated rings. The molecule has 3 rings (SSSR count). The lowest BCUT2D eigenvalue weighted by molar-refractivity contribution is -0.139. The Labute approximate surface area is 200 Å². The number of hydrogen-bond donors (Lipinski definition) is 3. The van der Waals surface area contributed by atoms with Gasteiger partial charge in [-0.3, -0.25) is 4.79 Å². The van der Waals surface area contributed by atoms with Gasteiger partial charge < -0.3 is 15.8 Å². The molecule has 1 aliphatic heterocycles. The van der Waals surface area contributed by atoms with Crippen molar-refractivity contribution in [3.63, 3.8) is 0 Å². The number of piperidine rings is 1. The van der Waals surface area contributed by atoms with Crippen molar-refractivity contribution in [1.29, 1.82) is 0 Å². The summed E-state index contributed by atoms with van der Waals surface area (Å²) in [5.74, 6) is -0.725. The zero-order valence-electron chi connectivity index (χ0n) is 19.3. The monoisotopic (exact) mass is 467 g/mol. The van der Waals surface area contributed by atoms with Crippen LogP contribution in [0.1, 0.15) is 47.2 Å². The molecule has 0 spiro atoms. The van der Waals surface area contributed by atoms with Crippen molar-refractivity contribution in [2.75, 3.05) is 25.1 Å². The Balaban J connectivity index is 1.87. The minimum atomic E-state index is -1.02. The number of rotatable bonds is 10. The van der Waals surface area contributed by atoms with Crippen molar-refractivity contribution < 1.29 is 14.7 Å². The maximum absolute atomic E-state index is 13.1. The standard InChI is InChI=1S/C26H33N3O3S/c1-19-8-4-5-9-21(19)23-18-20(12-14-27-29-15-6-3-7-16-29)10-11-22(23)25(30)28-24(26(31)32)13-17-33-2/h4-5,8-12,14,18,24,27H,3,6-7,13,15-17H2,1-2H3,(H,28,30)(H,31,32)/b14-12+. The van der Waals surface area contributed by atoms with Crippen molar-refractivity contribution in [2.24, 2.45) is 0 Å². The summed E-state index contributed by atoms with van der Waals surface area (Å²) in [7, 11) is 0. The fourth-order valence-electron chi connectivity index (χ4n) is 3.95. The molecule has 33 heavy (non-hydrogen) atoms. The average molecular weight is 468 g/mol. The molecular weight excluding hydrogens is 434 g/mol. The Bertz CT molecular complexity index is 986. The molecule has 3 N–H and O–H groups in total. The lowest BCUT2D eigenvalue weighted by Gasteiger charge is -2.25. The zero-order valence-corrected chi connectivity index (χ0v) is 20.2. The van der Waals surface area contributed by atoms with Gasteiger partial charge in [-0.05, 0) is 78.7 Å². The van der Waals surface area contributed by atoms with E-state index in [1.165, 1.54) is 19.3 Å². The third-order valence-corrected chi connectivity index (χ3v) is 6.47. The number of carbonyl (C=O) groups excluding carboxylic acids is 1. The number of nitrogens with one attached hydrogen (secondary N) is 2. The molecule has 1 unspecified atom stereocenters. The van der Waals surface area contributed by atoms with E-state index in [9.17, 15) is 14.7 Å². The molecule has 2 aromatic carbocycles. The lowest BCUT2D eigenvalue weighted by Crippen LogP contribution is -2.41. The predicted octanol–water partition coefficient (Wildman–Crippen LogP) is 4.56. The summed E-state index contributed by atoms with van der Waals surface area (Å²) in [5.41, 5.74) is 7.58. The van der Waals surface area contributed by atoms with E-state index < -0.39 is 12.0 Å². The van der Waals surface area contributed by atoms with Crippen LogP contribution in [0.4, 0.5) is 0 Å². The highest BCUT2D eigenvalue weighted by molar-refractivity contribution is 7.98. The summed E-state index contributed by atoms with van der Waals surface area (Å²) < 4.78 is 0. The lowest BCUT2D eigenvalue weighted by atomic mass is 9.93. The van der Waals surface area contributed by atoms with E-state index in [1.54, 1.807) is 17.8 Å². The van der Waals surface area contributed by atoms with Crippen LogP contribution in [-0.2, 0) is 4.79 Å². The largest absolute Gasteiger partial charge is 0.480 e. The van der Waals surface area contributed by atoms with Crippen LogP contribution in [0.3, 0.4) is 0 Å². The second kappa shape index (κ2) is 12.5. The fourth-order valence-corrected chi connectivity index (χ4v) is 4.42. The van der Waals surface area contributed by atoms with E-state index in [0.717, 1.165) is 35.3 Å². The molecule has 0 aromatic heterocycles. The van der Waals surface area contributed by atoms with Crippen LogP contribution in [0, 0.1) is 6.92 Å². The number of thioether (sulfide) groups is 1. The van der Waals surface area contributed by atoms with Crippen molar-refractivity contribution in [2.45, 2.75) is 38.6 Å². The number of aryl methyl sites for hydroxylation is 1. The highest BCUT2D eigenvalue weighted by Crippen LogP contribution is 2.28. The number of nitrogens with zero attached hydrogens (tertiary/aromatic N) is 1. The molecule has 1 saturated heterocycles. The molecule has 0 saturated carbocycles. The quantitative estimate of drug-likeness (QED) is 0.475. The van der Waals surface area contributed by atoms with Crippen LogP contribution in [0.2, 0.25) is 0 Å². The highest BCUT2D eigenvalue weighted by atomic mass is 32.2. The summed E-state index contributed by atoms with van der Waals surface area (Å²) in [4.78, 5) is 24.8. The normalized spacial score (nSPS) is 15.3. The number of hydrogen-bond acceptors (Lipinski definition) is 5. The fraction of sp³-hybridized carbons (Fsp3) is 0.385. The molecule has 0 aliphatic carbocycles. The van der Waals surface area contributed by atoms with E-state index in [-0.39, 0.29) is 5.91 Å². The van der Waals surface area contributed by atoms with Crippen LogP contribution < -0.4 is 10.7 Å². The minimum Gasteiger partial charge on any atom is -0.480 e.